The van der Waals surface area contributed by atoms with Gasteiger partial charge in [0.25, 0.3) is 0 Å². The minimum Gasteiger partial charge on any atom is -0.151 e. The van der Waals surface area contributed by atoms with Crippen LogP contribution in [0.15, 0.2) is 29.4 Å². The first-order chi connectivity index (χ1) is 7.43. The van der Waals surface area contributed by atoms with Crippen LogP contribution in [0, 0.1) is 10.8 Å². The monoisotopic (exact) mass is 219 g/mol. The molecule has 0 N–H and O–H groups in total. The molecule has 0 heterocycles. The van der Waals surface area contributed by atoms with E-state index in [0.29, 0.717) is 12.5 Å². The molecular formula is C14H21NO. The van der Waals surface area contributed by atoms with E-state index < -0.39 is 0 Å². The topological polar surface area (TPSA) is 29.4 Å². The summed E-state index contributed by atoms with van der Waals surface area (Å²) in [5.74, 6) is 0.331. The summed E-state index contributed by atoms with van der Waals surface area (Å²) in [4.78, 5) is 10.1. The zero-order valence-corrected chi connectivity index (χ0v) is 10.7. The average molecular weight is 219 g/mol. The summed E-state index contributed by atoms with van der Waals surface area (Å²) in [5, 5.41) is 2.94. The molecule has 0 aliphatic carbocycles. The Bertz CT molecular complexity index is 335. The predicted octanol–water partition coefficient (Wildman–Crippen LogP) is 3.93. The van der Waals surface area contributed by atoms with Crippen molar-refractivity contribution in [3.05, 3.63) is 40.3 Å². The number of benzene rings is 1. The molecule has 0 aromatic heterocycles. The SMILES string of the molecule is CC(CN=O)Cc1ccc(C(C)(C)C)cc1. The molecule has 0 aliphatic rings. The first-order valence-corrected chi connectivity index (χ1v) is 5.82. The van der Waals surface area contributed by atoms with Gasteiger partial charge in [0.1, 0.15) is 0 Å². The van der Waals surface area contributed by atoms with Gasteiger partial charge in [-0.2, -0.15) is 4.91 Å². The van der Waals surface area contributed by atoms with Crippen LogP contribution >= 0.6 is 0 Å². The number of hydrogen-bond donors (Lipinski definition) is 0. The molecule has 0 aliphatic heterocycles. The summed E-state index contributed by atoms with van der Waals surface area (Å²) in [6, 6.07) is 8.66. The Labute approximate surface area is 98.0 Å². The van der Waals surface area contributed by atoms with Crippen molar-refractivity contribution in [2.24, 2.45) is 11.1 Å². The zero-order valence-electron chi connectivity index (χ0n) is 10.7. The molecule has 0 fully saturated rings. The van der Waals surface area contributed by atoms with E-state index in [1.807, 2.05) is 0 Å². The van der Waals surface area contributed by atoms with E-state index in [4.69, 9.17) is 0 Å². The van der Waals surface area contributed by atoms with Crippen LogP contribution in [0.5, 0.6) is 0 Å². The Balaban J connectivity index is 2.68. The lowest BCUT2D eigenvalue weighted by Crippen LogP contribution is -2.11. The van der Waals surface area contributed by atoms with Crippen LogP contribution in [0.2, 0.25) is 0 Å². The molecule has 1 aromatic rings. The van der Waals surface area contributed by atoms with Gasteiger partial charge in [0, 0.05) is 0 Å². The average Bonchev–Trinajstić information content (AvgIpc) is 2.17. The standard InChI is InChI=1S/C14H21NO/c1-11(10-15-16)9-12-5-7-13(8-6-12)14(2,3)4/h5-8,11H,9-10H2,1-4H3. The van der Waals surface area contributed by atoms with Crippen molar-refractivity contribution in [2.75, 3.05) is 6.54 Å². The van der Waals surface area contributed by atoms with Gasteiger partial charge >= 0.3 is 0 Å². The number of rotatable bonds is 4. The Kier molecular flexibility index (Phi) is 4.22. The summed E-state index contributed by atoms with van der Waals surface area (Å²) < 4.78 is 0. The van der Waals surface area contributed by atoms with Crippen molar-refractivity contribution < 1.29 is 0 Å². The summed E-state index contributed by atoms with van der Waals surface area (Å²) >= 11 is 0. The second-order valence-corrected chi connectivity index (χ2v) is 5.57. The molecule has 1 unspecified atom stereocenters. The van der Waals surface area contributed by atoms with E-state index >= 15 is 0 Å². The quantitative estimate of drug-likeness (QED) is 0.705. The lowest BCUT2D eigenvalue weighted by atomic mass is 9.86. The zero-order chi connectivity index (χ0) is 12.2. The van der Waals surface area contributed by atoms with Crippen LogP contribution in [-0.4, -0.2) is 6.54 Å². The largest absolute Gasteiger partial charge is 0.151 e. The molecule has 2 nitrogen and oxygen atoms in total. The van der Waals surface area contributed by atoms with Gasteiger partial charge < -0.3 is 0 Å². The fourth-order valence-corrected chi connectivity index (χ4v) is 1.73. The molecule has 0 bridgehead atoms. The highest BCUT2D eigenvalue weighted by Crippen LogP contribution is 2.22. The van der Waals surface area contributed by atoms with Crippen LogP contribution in [0.4, 0.5) is 0 Å². The molecule has 88 valence electrons. The van der Waals surface area contributed by atoms with Gasteiger partial charge in [0.05, 0.1) is 6.54 Å². The van der Waals surface area contributed by atoms with E-state index in [9.17, 15) is 4.91 Å². The van der Waals surface area contributed by atoms with Crippen LogP contribution < -0.4 is 0 Å². The van der Waals surface area contributed by atoms with Gasteiger partial charge in [-0.1, -0.05) is 57.1 Å². The predicted molar refractivity (Wildman–Crippen MR) is 68.7 cm³/mol. The molecule has 0 radical (unpaired) electrons. The van der Waals surface area contributed by atoms with Crippen molar-refractivity contribution in [2.45, 2.75) is 39.5 Å². The van der Waals surface area contributed by atoms with Gasteiger partial charge in [0.15, 0.2) is 0 Å². The lowest BCUT2D eigenvalue weighted by molar-refractivity contribution is 0.583. The second-order valence-electron chi connectivity index (χ2n) is 5.57. The van der Waals surface area contributed by atoms with Crippen molar-refractivity contribution in [3.63, 3.8) is 0 Å². The van der Waals surface area contributed by atoms with E-state index in [1.54, 1.807) is 0 Å². The summed E-state index contributed by atoms with van der Waals surface area (Å²) in [7, 11) is 0. The highest BCUT2D eigenvalue weighted by molar-refractivity contribution is 5.27. The molecule has 1 rings (SSSR count). The van der Waals surface area contributed by atoms with Crippen LogP contribution in [-0.2, 0) is 11.8 Å². The summed E-state index contributed by atoms with van der Waals surface area (Å²) in [6.45, 7) is 9.09. The third-order valence-corrected chi connectivity index (χ3v) is 2.79. The molecule has 1 aromatic carbocycles. The Morgan fingerprint density at radius 3 is 2.19 bits per heavy atom. The number of hydrogen-bond acceptors (Lipinski definition) is 2. The Morgan fingerprint density at radius 1 is 1.19 bits per heavy atom. The lowest BCUT2D eigenvalue weighted by Gasteiger charge is -2.19. The van der Waals surface area contributed by atoms with Crippen LogP contribution in [0.25, 0.3) is 0 Å². The highest BCUT2D eigenvalue weighted by atomic mass is 16.3. The van der Waals surface area contributed by atoms with Gasteiger partial charge in [-0.3, -0.25) is 0 Å². The molecule has 16 heavy (non-hydrogen) atoms. The third-order valence-electron chi connectivity index (χ3n) is 2.79. The van der Waals surface area contributed by atoms with Crippen LogP contribution in [0.3, 0.4) is 0 Å². The minimum atomic E-state index is 0.203. The Morgan fingerprint density at radius 2 is 1.75 bits per heavy atom. The van der Waals surface area contributed by atoms with Crippen molar-refractivity contribution in [1.82, 2.24) is 0 Å². The van der Waals surface area contributed by atoms with Gasteiger partial charge in [0.2, 0.25) is 0 Å². The Hall–Kier alpha value is -1.18. The molecule has 0 saturated carbocycles. The molecular weight excluding hydrogens is 198 g/mol. The van der Waals surface area contributed by atoms with Crippen molar-refractivity contribution >= 4 is 0 Å². The normalized spacial score (nSPS) is 13.5. The summed E-state index contributed by atoms with van der Waals surface area (Å²) in [5.41, 5.74) is 2.83. The first-order valence-electron chi connectivity index (χ1n) is 5.82. The summed E-state index contributed by atoms with van der Waals surface area (Å²) in [6.07, 6.45) is 0.927. The molecule has 0 spiro atoms. The van der Waals surface area contributed by atoms with Gasteiger partial charge in [-0.25, -0.2) is 0 Å². The molecule has 2 heteroatoms. The van der Waals surface area contributed by atoms with Crippen molar-refractivity contribution in [1.29, 1.82) is 0 Å². The number of nitroso groups, excluding NO2 is 1. The van der Waals surface area contributed by atoms with E-state index in [1.165, 1.54) is 11.1 Å². The first kappa shape index (κ1) is 12.9. The fourth-order valence-electron chi connectivity index (χ4n) is 1.73. The van der Waals surface area contributed by atoms with Crippen molar-refractivity contribution in [3.8, 4) is 0 Å². The van der Waals surface area contributed by atoms with E-state index in [2.05, 4.69) is 57.1 Å². The van der Waals surface area contributed by atoms with Crippen LogP contribution in [0.1, 0.15) is 38.8 Å². The molecule has 1 atom stereocenters. The minimum absolute atomic E-state index is 0.203. The maximum Gasteiger partial charge on any atom is 0.0839 e. The molecule has 0 amide bonds. The smallest absolute Gasteiger partial charge is 0.0839 e. The second kappa shape index (κ2) is 5.24. The third kappa shape index (κ3) is 3.76. The number of nitrogens with zero attached hydrogens (tertiary/aromatic N) is 1. The van der Waals surface area contributed by atoms with Gasteiger partial charge in [-0.05, 0) is 28.9 Å². The van der Waals surface area contributed by atoms with Gasteiger partial charge in [-0.15, -0.1) is 0 Å². The fraction of sp³-hybridized carbons (Fsp3) is 0.571. The van der Waals surface area contributed by atoms with E-state index in [0.717, 1.165) is 6.42 Å². The van der Waals surface area contributed by atoms with E-state index in [-0.39, 0.29) is 5.41 Å². The maximum atomic E-state index is 10.1. The molecule has 0 saturated heterocycles. The highest BCUT2D eigenvalue weighted by Gasteiger charge is 2.13. The maximum absolute atomic E-state index is 10.1.